The fourth-order valence-corrected chi connectivity index (χ4v) is 2.81. The van der Waals surface area contributed by atoms with Crippen LogP contribution in [0.5, 0.6) is 0 Å². The molecule has 0 aromatic carbocycles. The Morgan fingerprint density at radius 1 is 1.33 bits per heavy atom. The topological polar surface area (TPSA) is 66.8 Å². The van der Waals surface area contributed by atoms with E-state index >= 15 is 0 Å². The average Bonchev–Trinajstić information content (AvgIpc) is 2.27. The molecular formula is C13H23NO4. The van der Waals surface area contributed by atoms with Crippen molar-refractivity contribution in [1.29, 1.82) is 0 Å². The molecule has 0 amide bonds. The van der Waals surface area contributed by atoms with Crippen molar-refractivity contribution in [3.63, 3.8) is 0 Å². The van der Waals surface area contributed by atoms with E-state index in [-0.39, 0.29) is 12.0 Å². The molecule has 5 nitrogen and oxygen atoms in total. The van der Waals surface area contributed by atoms with Crippen molar-refractivity contribution in [3.8, 4) is 0 Å². The molecule has 1 saturated heterocycles. The van der Waals surface area contributed by atoms with E-state index in [9.17, 15) is 14.7 Å². The van der Waals surface area contributed by atoms with Gasteiger partial charge in [0, 0.05) is 5.54 Å². The van der Waals surface area contributed by atoms with Crippen LogP contribution in [-0.2, 0) is 14.3 Å². The maximum Gasteiger partial charge on any atom is 0.324 e. The minimum atomic E-state index is -1.12. The fraction of sp³-hybridized carbons (Fsp3) is 0.846. The van der Waals surface area contributed by atoms with Crippen molar-refractivity contribution in [2.24, 2.45) is 0 Å². The highest BCUT2D eigenvalue weighted by Crippen LogP contribution is 2.37. The first kappa shape index (κ1) is 15.0. The lowest BCUT2D eigenvalue weighted by Crippen LogP contribution is -2.64. The molecule has 1 fully saturated rings. The molecule has 0 saturated carbocycles. The maximum absolute atomic E-state index is 11.7. The van der Waals surface area contributed by atoms with Crippen LogP contribution in [0, 0.1) is 0 Å². The van der Waals surface area contributed by atoms with Gasteiger partial charge in [0.25, 0.3) is 0 Å². The first-order valence-corrected chi connectivity index (χ1v) is 6.32. The number of carbonyl (C=O) groups excluding carboxylic acids is 1. The predicted molar refractivity (Wildman–Crippen MR) is 67.3 cm³/mol. The van der Waals surface area contributed by atoms with Crippen LogP contribution in [0.15, 0.2) is 0 Å². The van der Waals surface area contributed by atoms with Crippen molar-refractivity contribution >= 4 is 11.9 Å². The van der Waals surface area contributed by atoms with Crippen molar-refractivity contribution in [1.82, 2.24) is 4.90 Å². The molecule has 0 radical (unpaired) electrons. The van der Waals surface area contributed by atoms with Gasteiger partial charge >= 0.3 is 11.9 Å². The number of piperidine rings is 1. The van der Waals surface area contributed by atoms with Crippen LogP contribution in [0.4, 0.5) is 0 Å². The number of esters is 1. The summed E-state index contributed by atoms with van der Waals surface area (Å²) in [5, 5.41) is 9.62. The van der Waals surface area contributed by atoms with E-state index in [2.05, 4.69) is 4.74 Å². The summed E-state index contributed by atoms with van der Waals surface area (Å²) in [5.41, 5.74) is -1.41. The Hall–Kier alpha value is -1.10. The van der Waals surface area contributed by atoms with Crippen LogP contribution in [0.25, 0.3) is 0 Å². The number of methoxy groups -OCH3 is 1. The molecule has 1 atom stereocenters. The largest absolute Gasteiger partial charge is 0.480 e. The molecule has 1 heterocycles. The van der Waals surface area contributed by atoms with Gasteiger partial charge in [-0.25, -0.2) is 0 Å². The SMILES string of the molecule is COC(=O)C[C@]1(C(=O)O)CCCCN1C(C)(C)C. The van der Waals surface area contributed by atoms with Crippen LogP contribution in [0.1, 0.15) is 46.5 Å². The molecule has 0 unspecified atom stereocenters. The molecule has 1 aliphatic rings. The summed E-state index contributed by atoms with van der Waals surface area (Å²) in [6, 6.07) is 0. The van der Waals surface area contributed by atoms with E-state index in [1.54, 1.807) is 0 Å². The van der Waals surface area contributed by atoms with Gasteiger partial charge in [-0.05, 0) is 46.6 Å². The van der Waals surface area contributed by atoms with Crippen molar-refractivity contribution in [3.05, 3.63) is 0 Å². The summed E-state index contributed by atoms with van der Waals surface area (Å²) in [4.78, 5) is 25.2. The number of rotatable bonds is 3. The van der Waals surface area contributed by atoms with Gasteiger partial charge in [0.1, 0.15) is 5.54 Å². The monoisotopic (exact) mass is 257 g/mol. The van der Waals surface area contributed by atoms with E-state index in [4.69, 9.17) is 0 Å². The second-order valence-corrected chi connectivity index (χ2v) is 5.87. The van der Waals surface area contributed by atoms with E-state index in [0.29, 0.717) is 13.0 Å². The first-order chi connectivity index (χ1) is 8.24. The second-order valence-electron chi connectivity index (χ2n) is 5.87. The molecule has 18 heavy (non-hydrogen) atoms. The Kier molecular flexibility index (Phi) is 4.37. The summed E-state index contributed by atoms with van der Waals surface area (Å²) in [7, 11) is 1.29. The highest BCUT2D eigenvalue weighted by atomic mass is 16.5. The maximum atomic E-state index is 11.7. The minimum Gasteiger partial charge on any atom is -0.480 e. The number of aliphatic carboxylic acids is 1. The van der Waals surface area contributed by atoms with Crippen LogP contribution in [-0.4, -0.2) is 46.7 Å². The Morgan fingerprint density at radius 2 is 1.94 bits per heavy atom. The Morgan fingerprint density at radius 3 is 2.39 bits per heavy atom. The molecular weight excluding hydrogens is 234 g/mol. The number of carboxylic acids is 1. The Labute approximate surface area is 108 Å². The van der Waals surface area contributed by atoms with E-state index in [1.165, 1.54) is 7.11 Å². The molecule has 0 aliphatic carbocycles. The van der Waals surface area contributed by atoms with Gasteiger partial charge in [-0.15, -0.1) is 0 Å². The van der Waals surface area contributed by atoms with Crippen LogP contribution in [0.2, 0.25) is 0 Å². The molecule has 1 N–H and O–H groups in total. The Bertz CT molecular complexity index is 334. The molecule has 0 bridgehead atoms. The Balaban J connectivity index is 3.11. The summed E-state index contributed by atoms with van der Waals surface area (Å²) in [6.07, 6.45) is 2.20. The number of ether oxygens (including phenoxy) is 1. The van der Waals surface area contributed by atoms with Gasteiger partial charge in [0.05, 0.1) is 13.5 Å². The number of nitrogens with zero attached hydrogens (tertiary/aromatic N) is 1. The standard InChI is InChI=1S/C13H23NO4/c1-12(2,3)14-8-6-5-7-13(14,11(16)17)9-10(15)18-4/h5-9H2,1-4H3,(H,16,17)/t13-/m0/s1. The minimum absolute atomic E-state index is 0.0872. The summed E-state index contributed by atoms with van der Waals surface area (Å²) in [6.45, 7) is 6.64. The summed E-state index contributed by atoms with van der Waals surface area (Å²) >= 11 is 0. The zero-order chi connectivity index (χ0) is 14.0. The molecule has 5 heteroatoms. The fourth-order valence-electron chi connectivity index (χ4n) is 2.81. The third-order valence-corrected chi connectivity index (χ3v) is 3.61. The van der Waals surface area contributed by atoms with Gasteiger partial charge < -0.3 is 9.84 Å². The number of carboxylic acid groups (broad SMARTS) is 1. The van der Waals surface area contributed by atoms with E-state index < -0.39 is 17.5 Å². The lowest BCUT2D eigenvalue weighted by Gasteiger charge is -2.50. The highest BCUT2D eigenvalue weighted by Gasteiger charge is 2.51. The highest BCUT2D eigenvalue weighted by molar-refractivity contribution is 5.86. The van der Waals surface area contributed by atoms with Crippen molar-refractivity contribution in [2.45, 2.75) is 57.5 Å². The number of hydrogen-bond donors (Lipinski definition) is 1. The van der Waals surface area contributed by atoms with Gasteiger partial charge in [0.2, 0.25) is 0 Å². The number of carbonyl (C=O) groups is 2. The van der Waals surface area contributed by atoms with E-state index in [0.717, 1.165) is 12.8 Å². The van der Waals surface area contributed by atoms with Crippen LogP contribution < -0.4 is 0 Å². The zero-order valence-corrected chi connectivity index (χ0v) is 11.7. The molecule has 104 valence electrons. The van der Waals surface area contributed by atoms with Crippen LogP contribution >= 0.6 is 0 Å². The summed E-state index contributed by atoms with van der Waals surface area (Å²) in [5.74, 6) is -1.39. The third kappa shape index (κ3) is 2.83. The molecule has 0 spiro atoms. The van der Waals surface area contributed by atoms with Gasteiger partial charge in [-0.2, -0.15) is 0 Å². The van der Waals surface area contributed by atoms with Gasteiger partial charge in [-0.1, -0.05) is 0 Å². The van der Waals surface area contributed by atoms with Crippen molar-refractivity contribution in [2.75, 3.05) is 13.7 Å². The zero-order valence-electron chi connectivity index (χ0n) is 11.7. The molecule has 1 aliphatic heterocycles. The quantitative estimate of drug-likeness (QED) is 0.779. The molecule has 1 rings (SSSR count). The van der Waals surface area contributed by atoms with Gasteiger partial charge in [0.15, 0.2) is 0 Å². The van der Waals surface area contributed by atoms with Crippen LogP contribution in [0.3, 0.4) is 0 Å². The normalized spacial score (nSPS) is 25.8. The molecule has 0 aromatic heterocycles. The van der Waals surface area contributed by atoms with Crippen molar-refractivity contribution < 1.29 is 19.4 Å². The summed E-state index contributed by atoms with van der Waals surface area (Å²) < 4.78 is 4.66. The predicted octanol–water partition coefficient (Wildman–Crippen LogP) is 1.66. The van der Waals surface area contributed by atoms with Gasteiger partial charge in [-0.3, -0.25) is 14.5 Å². The average molecular weight is 257 g/mol. The first-order valence-electron chi connectivity index (χ1n) is 6.32. The number of likely N-dealkylation sites (tertiary alicyclic amines) is 1. The molecule has 0 aromatic rings. The second kappa shape index (κ2) is 5.26. The third-order valence-electron chi connectivity index (χ3n) is 3.61. The smallest absolute Gasteiger partial charge is 0.324 e. The lowest BCUT2D eigenvalue weighted by atomic mass is 9.80. The van der Waals surface area contributed by atoms with E-state index in [1.807, 2.05) is 25.7 Å². The lowest BCUT2D eigenvalue weighted by molar-refractivity contribution is -0.167. The number of hydrogen-bond acceptors (Lipinski definition) is 4.